The summed E-state index contributed by atoms with van der Waals surface area (Å²) in [6, 6.07) is 4.47. The quantitative estimate of drug-likeness (QED) is 0.762. The fourth-order valence-corrected chi connectivity index (χ4v) is 3.49. The number of rotatable bonds is 1. The van der Waals surface area contributed by atoms with Crippen LogP contribution in [0.4, 0.5) is 10.6 Å². The van der Waals surface area contributed by atoms with Crippen LogP contribution >= 0.6 is 15.9 Å². The second-order valence-electron chi connectivity index (χ2n) is 7.01. The molecule has 0 aromatic carbocycles. The Morgan fingerprint density at radius 3 is 2.41 bits per heavy atom. The summed E-state index contributed by atoms with van der Waals surface area (Å²) in [5, 5.41) is 0. The summed E-state index contributed by atoms with van der Waals surface area (Å²) < 4.78 is 6.54. The van der Waals surface area contributed by atoms with Crippen LogP contribution < -0.4 is 4.90 Å². The number of anilines is 1. The molecule has 1 amide bonds. The van der Waals surface area contributed by atoms with Gasteiger partial charge in [0, 0.05) is 23.8 Å². The maximum absolute atomic E-state index is 12.4. The molecule has 2 aliphatic rings. The van der Waals surface area contributed by atoms with Crippen LogP contribution in [0.5, 0.6) is 0 Å². The highest BCUT2D eigenvalue weighted by Gasteiger charge is 2.44. The molecular formula is C16H22BrN3O2. The van der Waals surface area contributed by atoms with E-state index in [2.05, 4.69) is 25.8 Å². The Morgan fingerprint density at radius 1 is 1.27 bits per heavy atom. The van der Waals surface area contributed by atoms with Gasteiger partial charge in [0.15, 0.2) is 0 Å². The van der Waals surface area contributed by atoms with Gasteiger partial charge in [0.25, 0.3) is 0 Å². The van der Waals surface area contributed by atoms with Crippen molar-refractivity contribution >= 4 is 27.8 Å². The van der Waals surface area contributed by atoms with Gasteiger partial charge in [-0.1, -0.05) is 0 Å². The van der Waals surface area contributed by atoms with Crippen LogP contribution in [0.3, 0.4) is 0 Å². The molecule has 2 fully saturated rings. The van der Waals surface area contributed by atoms with Crippen molar-refractivity contribution in [3.8, 4) is 0 Å². The summed E-state index contributed by atoms with van der Waals surface area (Å²) in [6.45, 7) is 7.38. The number of ether oxygens (including phenoxy) is 1. The molecule has 120 valence electrons. The van der Waals surface area contributed by atoms with E-state index >= 15 is 0 Å². The second kappa shape index (κ2) is 5.72. The van der Waals surface area contributed by atoms with Crippen LogP contribution in [0.25, 0.3) is 0 Å². The van der Waals surface area contributed by atoms with E-state index in [-0.39, 0.29) is 18.2 Å². The van der Waals surface area contributed by atoms with Crippen LogP contribution in [-0.2, 0) is 4.74 Å². The Morgan fingerprint density at radius 2 is 1.91 bits per heavy atom. The number of aromatic nitrogens is 1. The third-order valence-corrected chi connectivity index (χ3v) is 4.59. The summed E-state index contributed by atoms with van der Waals surface area (Å²) >= 11 is 3.41. The van der Waals surface area contributed by atoms with Crippen LogP contribution in [0.1, 0.15) is 33.6 Å². The minimum atomic E-state index is -0.444. The van der Waals surface area contributed by atoms with Gasteiger partial charge >= 0.3 is 6.09 Å². The van der Waals surface area contributed by atoms with Gasteiger partial charge in [-0.25, -0.2) is 9.78 Å². The molecule has 0 N–H and O–H groups in total. The van der Waals surface area contributed by atoms with E-state index in [9.17, 15) is 4.79 Å². The Bertz CT molecular complexity index is 542. The summed E-state index contributed by atoms with van der Waals surface area (Å²) in [4.78, 5) is 21.1. The molecule has 2 bridgehead atoms. The molecule has 6 heteroatoms. The summed E-state index contributed by atoms with van der Waals surface area (Å²) in [5.41, 5.74) is -0.444. The van der Waals surface area contributed by atoms with Gasteiger partial charge in [0.05, 0.1) is 12.1 Å². The molecule has 0 spiro atoms. The van der Waals surface area contributed by atoms with Crippen LogP contribution in [0, 0.1) is 0 Å². The highest BCUT2D eigenvalue weighted by molar-refractivity contribution is 9.10. The molecule has 0 saturated carbocycles. The normalized spacial score (nSPS) is 24.5. The zero-order valence-electron chi connectivity index (χ0n) is 13.3. The zero-order valence-corrected chi connectivity index (χ0v) is 14.8. The highest BCUT2D eigenvalue weighted by Crippen LogP contribution is 2.33. The number of carbonyl (C=O) groups is 1. The average Bonchev–Trinajstić information content (AvgIpc) is 2.69. The predicted octanol–water partition coefficient (Wildman–Crippen LogP) is 3.43. The number of nitrogens with zero attached hydrogens (tertiary/aromatic N) is 3. The zero-order chi connectivity index (χ0) is 15.9. The summed E-state index contributed by atoms with van der Waals surface area (Å²) in [5.74, 6) is 0.976. The van der Waals surface area contributed by atoms with E-state index in [1.165, 1.54) is 0 Å². The van der Waals surface area contributed by atoms with Gasteiger partial charge in [0.2, 0.25) is 0 Å². The lowest BCUT2D eigenvalue weighted by atomic mass is 10.2. The molecule has 5 nitrogen and oxygen atoms in total. The van der Waals surface area contributed by atoms with E-state index in [1.807, 2.05) is 44.0 Å². The number of piperazine rings is 1. The number of amides is 1. The lowest BCUT2D eigenvalue weighted by Gasteiger charge is -2.41. The minimum absolute atomic E-state index is 0.177. The second-order valence-corrected chi connectivity index (χ2v) is 7.93. The van der Waals surface area contributed by atoms with E-state index in [0.717, 1.165) is 36.2 Å². The van der Waals surface area contributed by atoms with Crippen molar-refractivity contribution in [1.29, 1.82) is 0 Å². The first-order valence-corrected chi connectivity index (χ1v) is 8.50. The molecule has 0 radical (unpaired) electrons. The SMILES string of the molecule is CC(C)(C)OC(=O)N1C2CC[C@@H]1CN(c1ccc(Br)cn1)C2. The van der Waals surface area contributed by atoms with Gasteiger partial charge in [-0.15, -0.1) is 0 Å². The van der Waals surface area contributed by atoms with E-state index in [0.29, 0.717) is 0 Å². The number of carbonyl (C=O) groups excluding carboxylic acids is 1. The molecule has 2 aliphatic heterocycles. The largest absolute Gasteiger partial charge is 0.444 e. The van der Waals surface area contributed by atoms with Crippen molar-refractivity contribution in [3.63, 3.8) is 0 Å². The lowest BCUT2D eigenvalue weighted by Crippen LogP contribution is -2.57. The summed E-state index contributed by atoms with van der Waals surface area (Å²) in [7, 11) is 0. The fraction of sp³-hybridized carbons (Fsp3) is 0.625. The molecule has 1 aromatic heterocycles. The molecule has 1 unspecified atom stereocenters. The van der Waals surface area contributed by atoms with Gasteiger partial charge in [-0.2, -0.15) is 0 Å². The maximum Gasteiger partial charge on any atom is 0.410 e. The fourth-order valence-electron chi connectivity index (χ4n) is 3.26. The Labute approximate surface area is 139 Å². The van der Waals surface area contributed by atoms with E-state index < -0.39 is 5.60 Å². The van der Waals surface area contributed by atoms with Crippen LogP contribution in [0.15, 0.2) is 22.8 Å². The van der Waals surface area contributed by atoms with Crippen molar-refractivity contribution in [2.75, 3.05) is 18.0 Å². The van der Waals surface area contributed by atoms with E-state index in [1.54, 1.807) is 0 Å². The van der Waals surface area contributed by atoms with Crippen molar-refractivity contribution in [2.24, 2.45) is 0 Å². The van der Waals surface area contributed by atoms with Crippen molar-refractivity contribution in [3.05, 3.63) is 22.8 Å². The Balaban J connectivity index is 1.71. The maximum atomic E-state index is 12.4. The van der Waals surface area contributed by atoms with Crippen molar-refractivity contribution in [1.82, 2.24) is 9.88 Å². The standard InChI is InChI=1S/C16H22BrN3O2/c1-16(2,3)22-15(21)20-12-5-6-13(20)10-19(9-12)14-7-4-11(17)8-18-14/h4,7-8,12-13H,5-6,9-10H2,1-3H3/t12-,13?/m1/s1. The number of hydrogen-bond acceptors (Lipinski definition) is 4. The molecule has 3 rings (SSSR count). The molecule has 2 atom stereocenters. The Hall–Kier alpha value is -1.30. The monoisotopic (exact) mass is 367 g/mol. The molecule has 3 heterocycles. The molecule has 22 heavy (non-hydrogen) atoms. The van der Waals surface area contributed by atoms with Crippen LogP contribution in [-0.4, -0.2) is 46.8 Å². The third kappa shape index (κ3) is 3.21. The number of fused-ring (bicyclic) bond motifs is 2. The topological polar surface area (TPSA) is 45.7 Å². The smallest absolute Gasteiger partial charge is 0.410 e. The van der Waals surface area contributed by atoms with Crippen molar-refractivity contribution in [2.45, 2.75) is 51.3 Å². The number of hydrogen-bond donors (Lipinski definition) is 0. The molecule has 1 aromatic rings. The van der Waals surface area contributed by atoms with Gasteiger partial charge < -0.3 is 9.64 Å². The number of halogens is 1. The predicted molar refractivity (Wildman–Crippen MR) is 89.0 cm³/mol. The first-order valence-electron chi connectivity index (χ1n) is 7.71. The Kier molecular flexibility index (Phi) is 4.05. The van der Waals surface area contributed by atoms with E-state index in [4.69, 9.17) is 4.74 Å². The molecule has 0 aliphatic carbocycles. The molecular weight excluding hydrogens is 346 g/mol. The van der Waals surface area contributed by atoms with Crippen molar-refractivity contribution < 1.29 is 9.53 Å². The third-order valence-electron chi connectivity index (χ3n) is 4.12. The summed E-state index contributed by atoms with van der Waals surface area (Å²) in [6.07, 6.45) is 3.72. The lowest BCUT2D eigenvalue weighted by molar-refractivity contribution is 0.0123. The average molecular weight is 368 g/mol. The molecule has 2 saturated heterocycles. The first kappa shape index (κ1) is 15.6. The van der Waals surface area contributed by atoms with Crippen LogP contribution in [0.2, 0.25) is 0 Å². The number of pyridine rings is 1. The minimum Gasteiger partial charge on any atom is -0.444 e. The van der Waals surface area contributed by atoms with Gasteiger partial charge in [-0.05, 0) is 61.7 Å². The van der Waals surface area contributed by atoms with Gasteiger partial charge in [0.1, 0.15) is 11.4 Å². The highest BCUT2D eigenvalue weighted by atomic mass is 79.9. The van der Waals surface area contributed by atoms with Gasteiger partial charge in [-0.3, -0.25) is 4.90 Å². The first-order chi connectivity index (χ1) is 10.3.